The van der Waals surface area contributed by atoms with Crippen LogP contribution in [0.1, 0.15) is 51.5 Å². The van der Waals surface area contributed by atoms with Crippen LogP contribution in [0, 0.1) is 11.3 Å². The summed E-state index contributed by atoms with van der Waals surface area (Å²) in [6, 6.07) is 12.4. The van der Waals surface area contributed by atoms with Crippen LogP contribution in [-0.2, 0) is 16.0 Å². The summed E-state index contributed by atoms with van der Waals surface area (Å²) in [4.78, 5) is 35.1. The lowest BCUT2D eigenvalue weighted by molar-refractivity contribution is -0.142. The Labute approximate surface area is 191 Å². The summed E-state index contributed by atoms with van der Waals surface area (Å²) < 4.78 is 0. The zero-order valence-electron chi connectivity index (χ0n) is 19.4. The predicted molar refractivity (Wildman–Crippen MR) is 127 cm³/mol. The lowest BCUT2D eigenvalue weighted by atomic mass is 9.78. The van der Waals surface area contributed by atoms with Crippen molar-refractivity contribution in [2.75, 3.05) is 26.2 Å². The Bertz CT molecular complexity index is 935. The topological polar surface area (TPSA) is 53.5 Å². The van der Waals surface area contributed by atoms with E-state index < -0.39 is 5.41 Å². The molecule has 1 saturated heterocycles. The van der Waals surface area contributed by atoms with Gasteiger partial charge in [0.05, 0.1) is 5.41 Å². The van der Waals surface area contributed by atoms with Gasteiger partial charge in [0.1, 0.15) is 0 Å². The van der Waals surface area contributed by atoms with Gasteiger partial charge in [-0.05, 0) is 62.3 Å². The number of likely N-dealkylation sites (tertiary alicyclic amines) is 1. The normalized spacial score (nSPS) is 21.1. The number of amides is 2. The lowest BCUT2D eigenvalue weighted by Crippen LogP contribution is -2.47. The van der Waals surface area contributed by atoms with Crippen LogP contribution in [-0.4, -0.2) is 52.8 Å². The number of hydrogen-bond acceptors (Lipinski definition) is 3. The molecule has 32 heavy (non-hydrogen) atoms. The van der Waals surface area contributed by atoms with E-state index in [0.717, 1.165) is 48.8 Å². The van der Waals surface area contributed by atoms with Crippen LogP contribution in [0.15, 0.2) is 48.8 Å². The maximum Gasteiger partial charge on any atom is 0.230 e. The molecule has 2 aromatic rings. The molecule has 1 aliphatic heterocycles. The van der Waals surface area contributed by atoms with Gasteiger partial charge in [0, 0.05) is 44.5 Å². The SMILES string of the molecule is CCN(CC)C(=O)C1(Cc2cccc(-c3cccnc3)c2)CCN(C(=O)C2CCCC2)C1. The van der Waals surface area contributed by atoms with Crippen molar-refractivity contribution in [2.24, 2.45) is 11.3 Å². The van der Waals surface area contributed by atoms with Gasteiger partial charge >= 0.3 is 0 Å². The third-order valence-electron chi connectivity index (χ3n) is 7.34. The molecule has 2 fully saturated rings. The van der Waals surface area contributed by atoms with Crippen molar-refractivity contribution < 1.29 is 9.59 Å². The van der Waals surface area contributed by atoms with Crippen molar-refractivity contribution in [3.63, 3.8) is 0 Å². The van der Waals surface area contributed by atoms with Crippen molar-refractivity contribution in [3.05, 3.63) is 54.4 Å². The summed E-state index contributed by atoms with van der Waals surface area (Å²) in [6.45, 7) is 6.69. The van der Waals surface area contributed by atoms with Crippen molar-refractivity contribution >= 4 is 11.8 Å². The second-order valence-electron chi connectivity index (χ2n) is 9.37. The van der Waals surface area contributed by atoms with Gasteiger partial charge in [-0.3, -0.25) is 14.6 Å². The Morgan fingerprint density at radius 1 is 1.09 bits per heavy atom. The van der Waals surface area contributed by atoms with Gasteiger partial charge in [0.15, 0.2) is 0 Å². The first-order chi connectivity index (χ1) is 15.6. The molecule has 1 aliphatic carbocycles. The van der Waals surface area contributed by atoms with E-state index >= 15 is 0 Å². The molecule has 2 amide bonds. The summed E-state index contributed by atoms with van der Waals surface area (Å²) in [5.41, 5.74) is 2.77. The molecule has 2 aliphatic rings. The maximum absolute atomic E-state index is 13.8. The van der Waals surface area contributed by atoms with Crippen LogP contribution in [0.4, 0.5) is 0 Å². The number of aromatic nitrogens is 1. The molecule has 170 valence electrons. The first-order valence-corrected chi connectivity index (χ1v) is 12.1. The van der Waals surface area contributed by atoms with Crippen molar-refractivity contribution in [1.29, 1.82) is 0 Å². The monoisotopic (exact) mass is 433 g/mol. The maximum atomic E-state index is 13.8. The fraction of sp³-hybridized carbons (Fsp3) is 0.519. The minimum Gasteiger partial charge on any atom is -0.343 e. The zero-order valence-corrected chi connectivity index (χ0v) is 19.4. The molecule has 0 bridgehead atoms. The number of nitrogens with zero attached hydrogens (tertiary/aromatic N) is 3. The van der Waals surface area contributed by atoms with Crippen LogP contribution < -0.4 is 0 Å². The molecule has 1 aromatic heterocycles. The fourth-order valence-electron chi connectivity index (χ4n) is 5.52. The minimum absolute atomic E-state index is 0.156. The minimum atomic E-state index is -0.548. The van der Waals surface area contributed by atoms with Gasteiger partial charge in [-0.1, -0.05) is 43.2 Å². The fourth-order valence-corrected chi connectivity index (χ4v) is 5.52. The number of hydrogen-bond donors (Lipinski definition) is 0. The number of carbonyl (C=O) groups is 2. The van der Waals surface area contributed by atoms with E-state index in [2.05, 4.69) is 35.3 Å². The second-order valence-corrected chi connectivity index (χ2v) is 9.37. The van der Waals surface area contributed by atoms with Gasteiger partial charge in [-0.2, -0.15) is 0 Å². The average molecular weight is 434 g/mol. The summed E-state index contributed by atoms with van der Waals surface area (Å²) in [5.74, 6) is 0.611. The molecular formula is C27H35N3O2. The molecule has 1 unspecified atom stereocenters. The van der Waals surface area contributed by atoms with E-state index in [0.29, 0.717) is 32.6 Å². The highest BCUT2D eigenvalue weighted by atomic mass is 16.2. The standard InChI is InChI=1S/C27H35N3O2/c1-3-29(4-2)26(32)27(14-16-30(20-27)25(31)22-10-5-6-11-22)18-21-9-7-12-23(17-21)24-13-8-15-28-19-24/h7-9,12-13,15,17,19,22H,3-6,10-11,14,16,18,20H2,1-2H3. The number of benzene rings is 1. The van der Waals surface area contributed by atoms with Gasteiger partial charge in [-0.15, -0.1) is 0 Å². The first-order valence-electron chi connectivity index (χ1n) is 12.1. The molecular weight excluding hydrogens is 398 g/mol. The zero-order chi connectivity index (χ0) is 22.6. The number of carbonyl (C=O) groups excluding carboxylic acids is 2. The summed E-state index contributed by atoms with van der Waals surface area (Å²) in [6.07, 6.45) is 9.33. The van der Waals surface area contributed by atoms with Gasteiger partial charge in [0.25, 0.3) is 0 Å². The molecule has 5 nitrogen and oxygen atoms in total. The molecule has 1 aromatic carbocycles. The molecule has 5 heteroatoms. The summed E-state index contributed by atoms with van der Waals surface area (Å²) in [5, 5.41) is 0. The summed E-state index contributed by atoms with van der Waals surface area (Å²) in [7, 11) is 0. The Morgan fingerprint density at radius 2 is 1.84 bits per heavy atom. The van der Waals surface area contributed by atoms with Gasteiger partial charge in [-0.25, -0.2) is 0 Å². The van der Waals surface area contributed by atoms with E-state index in [-0.39, 0.29) is 17.7 Å². The average Bonchev–Trinajstić information content (AvgIpc) is 3.52. The quantitative estimate of drug-likeness (QED) is 0.643. The van der Waals surface area contributed by atoms with E-state index in [1.165, 1.54) is 0 Å². The van der Waals surface area contributed by atoms with Crippen LogP contribution in [0.2, 0.25) is 0 Å². The number of pyridine rings is 1. The molecule has 0 N–H and O–H groups in total. The van der Waals surface area contributed by atoms with E-state index in [4.69, 9.17) is 0 Å². The van der Waals surface area contributed by atoms with Gasteiger partial charge in [0.2, 0.25) is 11.8 Å². The Kier molecular flexibility index (Phi) is 6.92. The van der Waals surface area contributed by atoms with Gasteiger partial charge < -0.3 is 9.80 Å². The lowest BCUT2D eigenvalue weighted by Gasteiger charge is -2.34. The molecule has 0 radical (unpaired) electrons. The largest absolute Gasteiger partial charge is 0.343 e. The molecule has 2 heterocycles. The van der Waals surface area contributed by atoms with E-state index in [1.807, 2.05) is 35.9 Å². The Balaban J connectivity index is 1.61. The smallest absolute Gasteiger partial charge is 0.230 e. The molecule has 1 atom stereocenters. The van der Waals surface area contributed by atoms with Crippen LogP contribution in [0.25, 0.3) is 11.1 Å². The highest BCUT2D eigenvalue weighted by molar-refractivity contribution is 5.86. The van der Waals surface area contributed by atoms with Crippen LogP contribution >= 0.6 is 0 Å². The third kappa shape index (κ3) is 4.57. The second kappa shape index (κ2) is 9.85. The highest BCUT2D eigenvalue weighted by Gasteiger charge is 2.48. The first kappa shape index (κ1) is 22.5. The molecule has 0 spiro atoms. The molecule has 4 rings (SSSR count). The Hall–Kier alpha value is -2.69. The summed E-state index contributed by atoms with van der Waals surface area (Å²) >= 11 is 0. The predicted octanol–water partition coefficient (Wildman–Crippen LogP) is 4.57. The van der Waals surface area contributed by atoms with Crippen LogP contribution in [0.3, 0.4) is 0 Å². The van der Waals surface area contributed by atoms with Crippen molar-refractivity contribution in [2.45, 2.75) is 52.4 Å². The van der Waals surface area contributed by atoms with E-state index in [1.54, 1.807) is 6.20 Å². The van der Waals surface area contributed by atoms with Crippen molar-refractivity contribution in [1.82, 2.24) is 14.8 Å². The van der Waals surface area contributed by atoms with Crippen molar-refractivity contribution in [3.8, 4) is 11.1 Å². The third-order valence-corrected chi connectivity index (χ3v) is 7.34. The Morgan fingerprint density at radius 3 is 2.53 bits per heavy atom. The number of rotatable bonds is 7. The highest BCUT2D eigenvalue weighted by Crippen LogP contribution is 2.39. The van der Waals surface area contributed by atoms with E-state index in [9.17, 15) is 9.59 Å². The van der Waals surface area contributed by atoms with Crippen LogP contribution in [0.5, 0.6) is 0 Å². The molecule has 1 saturated carbocycles.